The quantitative estimate of drug-likeness (QED) is 0.166. The molecule has 16 aromatic rings. The summed E-state index contributed by atoms with van der Waals surface area (Å²) in [5.41, 5.74) is 20.3. The van der Waals surface area contributed by atoms with Crippen LogP contribution >= 0.6 is 22.7 Å². The van der Waals surface area contributed by atoms with Crippen LogP contribution in [0.4, 0.5) is 34.1 Å². The Morgan fingerprint density at radius 3 is 1.09 bits per heavy atom. The van der Waals surface area contributed by atoms with Gasteiger partial charge in [-0.3, -0.25) is 0 Å². The van der Waals surface area contributed by atoms with Gasteiger partial charge in [0.25, 0.3) is 0 Å². The van der Waals surface area contributed by atoms with Crippen LogP contribution < -0.4 is 9.80 Å². The van der Waals surface area contributed by atoms with E-state index in [9.17, 15) is 0 Å². The lowest BCUT2D eigenvalue weighted by atomic mass is 9.82. The second-order valence-corrected chi connectivity index (χ2v) is 25.8. The van der Waals surface area contributed by atoms with Crippen molar-refractivity contribution in [1.82, 2.24) is 0 Å². The Morgan fingerprint density at radius 1 is 0.268 bits per heavy atom. The van der Waals surface area contributed by atoms with E-state index in [1.807, 2.05) is 22.7 Å². The molecule has 0 N–H and O–H groups in total. The summed E-state index contributed by atoms with van der Waals surface area (Å²) in [6.45, 7) is 9.42. The van der Waals surface area contributed by atoms with Gasteiger partial charge in [-0.25, -0.2) is 0 Å². The molecule has 4 aromatic heterocycles. The van der Waals surface area contributed by atoms with Gasteiger partial charge < -0.3 is 18.6 Å². The minimum atomic E-state index is -0.142. The van der Waals surface area contributed by atoms with Crippen molar-refractivity contribution in [2.75, 3.05) is 9.80 Å². The second kappa shape index (κ2) is 16.6. The van der Waals surface area contributed by atoms with Crippen molar-refractivity contribution in [1.29, 1.82) is 0 Å². The van der Waals surface area contributed by atoms with Crippen LogP contribution in [-0.4, -0.2) is 0 Å². The fraction of sp³-hybridized carbons (Fsp3) is 0.0789. The van der Waals surface area contributed by atoms with Gasteiger partial charge in [-0.05, 0) is 164 Å². The third-order valence-corrected chi connectivity index (χ3v) is 20.7. The molecule has 6 heteroatoms. The number of hydrogen-bond acceptors (Lipinski definition) is 6. The molecular weight excluding hydrogens is 1040 g/mol. The third kappa shape index (κ3) is 6.53. The first-order valence-corrected chi connectivity index (χ1v) is 29.9. The zero-order valence-electron chi connectivity index (χ0n) is 45.5. The number of furan rings is 2. The van der Waals surface area contributed by atoms with Crippen molar-refractivity contribution >= 4 is 152 Å². The molecule has 18 rings (SSSR count). The van der Waals surface area contributed by atoms with E-state index >= 15 is 0 Å². The van der Waals surface area contributed by atoms with Gasteiger partial charge in [0, 0.05) is 119 Å². The molecule has 2 aliphatic rings. The van der Waals surface area contributed by atoms with E-state index in [4.69, 9.17) is 8.83 Å². The van der Waals surface area contributed by atoms with E-state index < -0.39 is 0 Å². The van der Waals surface area contributed by atoms with E-state index in [0.717, 1.165) is 88.8 Å². The highest BCUT2D eigenvalue weighted by atomic mass is 32.1. The molecule has 0 fully saturated rings. The van der Waals surface area contributed by atoms with Crippen LogP contribution in [0.1, 0.15) is 49.9 Å². The zero-order valence-corrected chi connectivity index (χ0v) is 47.1. The smallest absolute Gasteiger partial charge is 0.137 e. The molecule has 388 valence electrons. The molecule has 0 atom stereocenters. The van der Waals surface area contributed by atoms with Crippen molar-refractivity contribution in [2.24, 2.45) is 0 Å². The Balaban J connectivity index is 0.748. The normalized spacial score (nSPS) is 14.0. The topological polar surface area (TPSA) is 32.8 Å². The van der Waals surface area contributed by atoms with Gasteiger partial charge in [-0.1, -0.05) is 137 Å². The first kappa shape index (κ1) is 46.3. The minimum absolute atomic E-state index is 0.142. The van der Waals surface area contributed by atoms with Gasteiger partial charge in [0.05, 0.1) is 0 Å². The van der Waals surface area contributed by atoms with Crippen LogP contribution in [0.15, 0.2) is 239 Å². The van der Waals surface area contributed by atoms with Crippen LogP contribution in [0.25, 0.3) is 117 Å². The molecule has 0 saturated heterocycles. The summed E-state index contributed by atoms with van der Waals surface area (Å²) in [6, 6.07) is 85.6. The summed E-state index contributed by atoms with van der Waals surface area (Å²) in [6.07, 6.45) is 0. The Bertz CT molecular complexity index is 5120. The molecule has 0 spiro atoms. The van der Waals surface area contributed by atoms with E-state index in [1.165, 1.54) is 84.9 Å². The SMILES string of the molecule is CC1(C)c2ccccc2-c2ccc(N(c3ccc4c(c3)oc3cc5cc6oc7cc(N(c8ccc9c(c8)C(C)(C)c8ccccc8-9)c8ccc9c(c8)sc8ccccc89)ccc7c6cc5cc34)c3ccc4c(c3)sc3ccccc34)cc21. The highest BCUT2D eigenvalue weighted by Gasteiger charge is 2.37. The standard InChI is InChI=1S/C76H50N2O2S2/c1-75(2)63-17-9-5-13-51(63)53-27-21-45(37-65(53)75)77(49-25-31-59-57-15-7-11-19-71(57)81-73(59)41-49)47-23-29-55-61-33-43-34-62-56-30-24-48(40-70(56)80-68(62)36-44(43)35-67(61)79-69(55)39-47)78(50-26-32-60-58-16-8-12-20-72(58)82-74(60)42-50)46-22-28-54-52-14-6-10-18-64(52)76(3,4)66(54)38-46/h5-42H,1-4H3. The summed E-state index contributed by atoms with van der Waals surface area (Å²) in [7, 11) is 0. The lowest BCUT2D eigenvalue weighted by molar-refractivity contribution is 0.660. The predicted molar refractivity (Wildman–Crippen MR) is 349 cm³/mol. The van der Waals surface area contributed by atoms with Gasteiger partial charge in [-0.15, -0.1) is 22.7 Å². The Labute approximate surface area is 480 Å². The maximum absolute atomic E-state index is 6.92. The first-order chi connectivity index (χ1) is 40.1. The van der Waals surface area contributed by atoms with Crippen molar-refractivity contribution in [3.8, 4) is 22.3 Å². The molecule has 4 nitrogen and oxygen atoms in total. The number of rotatable bonds is 6. The number of thiophene rings is 2. The highest BCUT2D eigenvalue weighted by Crippen LogP contribution is 2.54. The van der Waals surface area contributed by atoms with E-state index in [1.54, 1.807) is 0 Å². The zero-order chi connectivity index (χ0) is 54.3. The molecular formula is C76H50N2O2S2. The minimum Gasteiger partial charge on any atom is -0.456 e. The first-order valence-electron chi connectivity index (χ1n) is 28.3. The summed E-state index contributed by atoms with van der Waals surface area (Å²) >= 11 is 3.70. The van der Waals surface area contributed by atoms with E-state index in [2.05, 4.69) is 268 Å². The number of nitrogens with zero attached hydrogens (tertiary/aromatic N) is 2. The largest absolute Gasteiger partial charge is 0.456 e. The van der Waals surface area contributed by atoms with E-state index in [-0.39, 0.29) is 10.8 Å². The van der Waals surface area contributed by atoms with Gasteiger partial charge in [0.15, 0.2) is 0 Å². The molecule has 0 radical (unpaired) electrons. The Hall–Kier alpha value is -9.46. The molecule has 0 aliphatic heterocycles. The van der Waals surface area contributed by atoms with Crippen LogP contribution in [0.5, 0.6) is 0 Å². The number of benzene rings is 12. The van der Waals surface area contributed by atoms with Crippen LogP contribution in [0.3, 0.4) is 0 Å². The molecule has 0 bridgehead atoms. The lowest BCUT2D eigenvalue weighted by Crippen LogP contribution is -2.16. The number of anilines is 6. The average molecular weight is 1090 g/mol. The molecule has 82 heavy (non-hydrogen) atoms. The van der Waals surface area contributed by atoms with Crippen LogP contribution in [0.2, 0.25) is 0 Å². The molecule has 0 unspecified atom stereocenters. The number of hydrogen-bond donors (Lipinski definition) is 0. The second-order valence-electron chi connectivity index (χ2n) is 23.6. The molecule has 2 aliphatic carbocycles. The van der Waals surface area contributed by atoms with Crippen molar-refractivity contribution < 1.29 is 8.83 Å². The monoisotopic (exact) mass is 1090 g/mol. The fourth-order valence-corrected chi connectivity index (χ4v) is 16.6. The number of fused-ring (bicyclic) bond motifs is 19. The Kier molecular flexibility index (Phi) is 9.36. The van der Waals surface area contributed by atoms with Crippen molar-refractivity contribution in [3.05, 3.63) is 253 Å². The highest BCUT2D eigenvalue weighted by molar-refractivity contribution is 7.26. The van der Waals surface area contributed by atoms with Gasteiger partial charge in [0.2, 0.25) is 0 Å². The third-order valence-electron chi connectivity index (χ3n) is 18.4. The lowest BCUT2D eigenvalue weighted by Gasteiger charge is -2.28. The Morgan fingerprint density at radius 2 is 0.610 bits per heavy atom. The molecule has 0 saturated carbocycles. The maximum atomic E-state index is 6.92. The molecule has 0 amide bonds. The average Bonchev–Trinajstić information content (AvgIpc) is 2.83. The fourth-order valence-electron chi connectivity index (χ4n) is 14.3. The van der Waals surface area contributed by atoms with Crippen LogP contribution in [0, 0.1) is 0 Å². The van der Waals surface area contributed by atoms with Crippen LogP contribution in [-0.2, 0) is 10.8 Å². The van der Waals surface area contributed by atoms with Crippen molar-refractivity contribution in [2.45, 2.75) is 38.5 Å². The predicted octanol–water partition coefficient (Wildman–Crippen LogP) is 22.9. The maximum Gasteiger partial charge on any atom is 0.137 e. The van der Waals surface area contributed by atoms with Crippen molar-refractivity contribution in [3.63, 3.8) is 0 Å². The van der Waals surface area contributed by atoms with E-state index in [0.29, 0.717) is 0 Å². The summed E-state index contributed by atoms with van der Waals surface area (Å²) < 4.78 is 19.0. The summed E-state index contributed by atoms with van der Waals surface area (Å²) in [5, 5.41) is 11.7. The van der Waals surface area contributed by atoms with Gasteiger partial charge in [0.1, 0.15) is 22.3 Å². The summed E-state index contributed by atoms with van der Waals surface area (Å²) in [4.78, 5) is 4.82. The molecule has 12 aromatic carbocycles. The van der Waals surface area contributed by atoms with Gasteiger partial charge >= 0.3 is 0 Å². The molecule has 4 heterocycles. The van der Waals surface area contributed by atoms with Gasteiger partial charge in [-0.2, -0.15) is 0 Å². The summed E-state index contributed by atoms with van der Waals surface area (Å²) in [5.74, 6) is 0.